The Bertz CT molecular complexity index is 1590. The highest BCUT2D eigenvalue weighted by Gasteiger charge is 2.46. The molecule has 7 nitrogen and oxygen atoms in total. The van der Waals surface area contributed by atoms with Crippen molar-refractivity contribution in [2.75, 3.05) is 11.3 Å². The second-order valence-corrected chi connectivity index (χ2v) is 11.5. The maximum absolute atomic E-state index is 13.4. The number of rotatable bonds is 7. The molecule has 0 bridgehead atoms. The number of hydrogen-bond acceptors (Lipinski definition) is 7. The van der Waals surface area contributed by atoms with Crippen LogP contribution in [-0.4, -0.2) is 30.6 Å². The summed E-state index contributed by atoms with van der Waals surface area (Å²) in [5.41, 5.74) is -4.13. The summed E-state index contributed by atoms with van der Waals surface area (Å²) in [7, 11) is -5.55. The SMILES string of the molecule is O=S(=O)(Nc1cccc(C[C@@H]2COc3ccc(OCc4nc5cc(F)ccc5s4)cc3[C@@H]2O)c1)C(F)(F)F. The van der Waals surface area contributed by atoms with Gasteiger partial charge in [-0.3, -0.25) is 4.72 Å². The fourth-order valence-corrected chi connectivity index (χ4v) is 5.54. The van der Waals surface area contributed by atoms with E-state index in [9.17, 15) is 31.1 Å². The molecule has 0 fully saturated rings. The lowest BCUT2D eigenvalue weighted by Crippen LogP contribution is -2.30. The van der Waals surface area contributed by atoms with Crippen molar-refractivity contribution in [2.45, 2.75) is 24.6 Å². The van der Waals surface area contributed by atoms with Crippen LogP contribution in [0.25, 0.3) is 10.2 Å². The fourth-order valence-electron chi connectivity index (χ4n) is 4.12. The van der Waals surface area contributed by atoms with Crippen molar-refractivity contribution in [3.63, 3.8) is 0 Å². The average molecular weight is 569 g/mol. The van der Waals surface area contributed by atoms with Crippen molar-refractivity contribution in [1.82, 2.24) is 4.98 Å². The van der Waals surface area contributed by atoms with Gasteiger partial charge in [-0.15, -0.1) is 11.3 Å². The first kappa shape index (κ1) is 26.2. The van der Waals surface area contributed by atoms with Crippen molar-refractivity contribution in [2.24, 2.45) is 5.92 Å². The highest BCUT2D eigenvalue weighted by Crippen LogP contribution is 2.39. The van der Waals surface area contributed by atoms with Crippen LogP contribution in [0.4, 0.5) is 23.2 Å². The molecule has 0 aliphatic carbocycles. The summed E-state index contributed by atoms with van der Waals surface area (Å²) in [6, 6.07) is 14.9. The molecule has 0 unspecified atom stereocenters. The number of thiazole rings is 1. The molecule has 0 saturated heterocycles. The van der Waals surface area contributed by atoms with E-state index in [-0.39, 0.29) is 31.1 Å². The third-order valence-corrected chi connectivity index (χ3v) is 8.06. The van der Waals surface area contributed by atoms with Gasteiger partial charge in [-0.05, 0) is 54.4 Å². The molecule has 0 saturated carbocycles. The summed E-state index contributed by atoms with van der Waals surface area (Å²) >= 11 is 1.38. The van der Waals surface area contributed by atoms with Gasteiger partial charge in [0, 0.05) is 23.2 Å². The maximum Gasteiger partial charge on any atom is 0.516 e. The zero-order valence-electron chi connectivity index (χ0n) is 19.4. The third kappa shape index (κ3) is 5.54. The number of fused-ring (bicyclic) bond motifs is 2. The van der Waals surface area contributed by atoms with Crippen LogP contribution < -0.4 is 14.2 Å². The van der Waals surface area contributed by atoms with Crippen LogP contribution in [0.15, 0.2) is 60.7 Å². The van der Waals surface area contributed by atoms with E-state index in [0.29, 0.717) is 33.2 Å². The topological polar surface area (TPSA) is 97.8 Å². The Labute approximate surface area is 218 Å². The molecule has 0 radical (unpaired) electrons. The number of benzene rings is 3. The zero-order chi connectivity index (χ0) is 27.1. The molecule has 2 heterocycles. The minimum atomic E-state index is -5.55. The first-order valence-corrected chi connectivity index (χ1v) is 13.6. The summed E-state index contributed by atoms with van der Waals surface area (Å²) in [5.74, 6) is 0.110. The normalized spacial score (nSPS) is 17.6. The minimum Gasteiger partial charge on any atom is -0.493 e. The van der Waals surface area contributed by atoms with E-state index < -0.39 is 27.6 Å². The predicted molar refractivity (Wildman–Crippen MR) is 133 cm³/mol. The van der Waals surface area contributed by atoms with Crippen molar-refractivity contribution < 1.29 is 40.6 Å². The van der Waals surface area contributed by atoms with E-state index in [1.807, 2.05) is 0 Å². The number of halogens is 4. The molecule has 2 N–H and O–H groups in total. The number of aliphatic hydroxyl groups is 1. The molecule has 3 aromatic carbocycles. The van der Waals surface area contributed by atoms with E-state index in [1.54, 1.807) is 30.3 Å². The molecule has 1 aliphatic heterocycles. The number of alkyl halides is 3. The van der Waals surface area contributed by atoms with Crippen LogP contribution in [0.3, 0.4) is 0 Å². The molecule has 0 amide bonds. The van der Waals surface area contributed by atoms with Gasteiger partial charge in [0.1, 0.15) is 28.9 Å². The highest BCUT2D eigenvalue weighted by atomic mass is 32.2. The van der Waals surface area contributed by atoms with Crippen LogP contribution >= 0.6 is 11.3 Å². The maximum atomic E-state index is 13.4. The third-order valence-electron chi connectivity index (χ3n) is 5.94. The fraction of sp³-hybridized carbons (Fsp3) is 0.240. The van der Waals surface area contributed by atoms with Crippen LogP contribution in [0, 0.1) is 11.7 Å². The van der Waals surface area contributed by atoms with E-state index in [4.69, 9.17) is 9.47 Å². The second-order valence-electron chi connectivity index (χ2n) is 8.68. The second kappa shape index (κ2) is 10.0. The first-order chi connectivity index (χ1) is 18.0. The Kier molecular flexibility index (Phi) is 6.92. The quantitative estimate of drug-likeness (QED) is 0.284. The highest BCUT2D eigenvalue weighted by molar-refractivity contribution is 7.93. The molecule has 0 spiro atoms. The molecular weight excluding hydrogens is 548 g/mol. The first-order valence-electron chi connectivity index (χ1n) is 11.3. The summed E-state index contributed by atoms with van der Waals surface area (Å²) in [5, 5.41) is 11.7. The number of nitrogens with one attached hydrogen (secondary N) is 1. The Morgan fingerprint density at radius 1 is 1.13 bits per heavy atom. The lowest BCUT2D eigenvalue weighted by molar-refractivity contribution is -0.0429. The molecule has 4 aromatic rings. The van der Waals surface area contributed by atoms with Crippen LogP contribution in [0.2, 0.25) is 0 Å². The molecule has 13 heteroatoms. The smallest absolute Gasteiger partial charge is 0.493 e. The van der Waals surface area contributed by atoms with Gasteiger partial charge in [-0.1, -0.05) is 12.1 Å². The van der Waals surface area contributed by atoms with Crippen molar-refractivity contribution in [1.29, 1.82) is 0 Å². The number of aliphatic hydroxyl groups excluding tert-OH is 1. The van der Waals surface area contributed by atoms with E-state index in [0.717, 1.165) is 4.70 Å². The predicted octanol–water partition coefficient (Wildman–Crippen LogP) is 5.56. The molecule has 200 valence electrons. The Morgan fingerprint density at radius 2 is 1.95 bits per heavy atom. The Balaban J connectivity index is 1.27. The Hall–Kier alpha value is -3.42. The summed E-state index contributed by atoms with van der Waals surface area (Å²) in [6.07, 6.45) is -0.751. The summed E-state index contributed by atoms with van der Waals surface area (Å²) < 4.78 is 88.4. The number of hydrogen-bond donors (Lipinski definition) is 2. The number of ether oxygens (including phenoxy) is 2. The number of nitrogens with zero attached hydrogens (tertiary/aromatic N) is 1. The van der Waals surface area contributed by atoms with Gasteiger partial charge in [0.15, 0.2) is 0 Å². The van der Waals surface area contributed by atoms with Gasteiger partial charge >= 0.3 is 15.5 Å². The van der Waals surface area contributed by atoms with Crippen LogP contribution in [-0.2, 0) is 23.1 Å². The molecule has 5 rings (SSSR count). The standard InChI is InChI=1S/C25H20F4N2O5S2/c26-16-4-7-22-20(10-16)30-23(37-22)13-35-18-5-6-21-19(11-18)24(32)15(12-36-21)8-14-2-1-3-17(9-14)31-38(33,34)25(27,28)29/h1-7,9-11,15,24,31-32H,8,12-13H2/t15-,24-/m1/s1. The van der Waals surface area contributed by atoms with Gasteiger partial charge in [0.05, 0.1) is 22.9 Å². The summed E-state index contributed by atoms with van der Waals surface area (Å²) in [6.45, 7) is 0.288. The number of anilines is 1. The molecule has 1 aromatic heterocycles. The largest absolute Gasteiger partial charge is 0.516 e. The van der Waals surface area contributed by atoms with E-state index in [1.165, 1.54) is 46.4 Å². The van der Waals surface area contributed by atoms with Gasteiger partial charge in [-0.25, -0.2) is 9.37 Å². The molecule has 38 heavy (non-hydrogen) atoms. The molecule has 1 aliphatic rings. The number of sulfonamides is 1. The zero-order valence-corrected chi connectivity index (χ0v) is 21.0. The monoisotopic (exact) mass is 568 g/mol. The minimum absolute atomic E-state index is 0.140. The van der Waals surface area contributed by atoms with Gasteiger partial charge in [0.25, 0.3) is 0 Å². The lowest BCUT2D eigenvalue weighted by Gasteiger charge is -2.30. The Morgan fingerprint density at radius 3 is 2.74 bits per heavy atom. The average Bonchev–Trinajstić information content (AvgIpc) is 3.26. The van der Waals surface area contributed by atoms with Crippen LogP contribution in [0.1, 0.15) is 22.2 Å². The van der Waals surface area contributed by atoms with Gasteiger partial charge in [0.2, 0.25) is 0 Å². The molecule has 2 atom stereocenters. The van der Waals surface area contributed by atoms with Crippen molar-refractivity contribution in [3.05, 3.63) is 82.6 Å². The van der Waals surface area contributed by atoms with E-state index >= 15 is 0 Å². The lowest BCUT2D eigenvalue weighted by atomic mass is 9.88. The van der Waals surface area contributed by atoms with Crippen molar-refractivity contribution in [3.8, 4) is 11.5 Å². The van der Waals surface area contributed by atoms with Gasteiger partial charge in [-0.2, -0.15) is 21.6 Å². The summed E-state index contributed by atoms with van der Waals surface area (Å²) in [4.78, 5) is 4.37. The van der Waals surface area contributed by atoms with Crippen molar-refractivity contribution >= 4 is 37.3 Å². The molecular formula is C25H20F4N2O5S2. The van der Waals surface area contributed by atoms with E-state index in [2.05, 4.69) is 4.98 Å². The van der Waals surface area contributed by atoms with Crippen LogP contribution in [0.5, 0.6) is 11.5 Å². The van der Waals surface area contributed by atoms with Gasteiger partial charge < -0.3 is 14.6 Å². The number of aromatic nitrogens is 1.